The monoisotopic (exact) mass is 402 g/mol. The molecule has 1 unspecified atom stereocenters. The van der Waals surface area contributed by atoms with Gasteiger partial charge in [0.25, 0.3) is 0 Å². The Labute approximate surface area is 173 Å². The van der Waals surface area contributed by atoms with Crippen molar-refractivity contribution in [3.63, 3.8) is 0 Å². The van der Waals surface area contributed by atoms with E-state index < -0.39 is 0 Å². The number of likely N-dealkylation sites (tertiary alicyclic amines) is 1. The van der Waals surface area contributed by atoms with Crippen molar-refractivity contribution in [1.82, 2.24) is 14.9 Å². The third kappa shape index (κ3) is 4.72. The normalized spacial score (nSPS) is 24.7. The molecule has 3 heterocycles. The number of Topliss-reactive ketones (excluding diaryl/α,β-unsaturated/α-hetero) is 1. The maximum absolute atomic E-state index is 12.9. The van der Waals surface area contributed by atoms with Crippen LogP contribution in [0, 0.1) is 5.92 Å². The molecule has 160 valence electrons. The van der Waals surface area contributed by atoms with Crippen LogP contribution in [-0.2, 0) is 4.74 Å². The maximum Gasteiger partial charge on any atom is 0.219 e. The number of ketones is 1. The van der Waals surface area contributed by atoms with Crippen molar-refractivity contribution < 1.29 is 14.3 Å². The molecule has 29 heavy (non-hydrogen) atoms. The number of carbonyl (C=O) groups is 1. The fourth-order valence-corrected chi connectivity index (χ4v) is 4.40. The Morgan fingerprint density at radius 2 is 2.21 bits per heavy atom. The smallest absolute Gasteiger partial charge is 0.219 e. The zero-order chi connectivity index (χ0) is 20.4. The Kier molecular flexibility index (Phi) is 6.06. The lowest BCUT2D eigenvalue weighted by Crippen LogP contribution is -2.44. The van der Waals surface area contributed by atoms with Crippen LogP contribution >= 0.6 is 0 Å². The number of carbonyl (C=O) groups excluding carboxylic acids is 1. The minimum atomic E-state index is -0.0801. The van der Waals surface area contributed by atoms with E-state index in [0.717, 1.165) is 57.6 Å². The van der Waals surface area contributed by atoms with Crippen molar-refractivity contribution in [1.29, 1.82) is 0 Å². The number of nitrogens with zero attached hydrogens (tertiary/aromatic N) is 4. The average Bonchev–Trinajstić information content (AvgIpc) is 3.33. The van der Waals surface area contributed by atoms with E-state index in [9.17, 15) is 4.79 Å². The van der Waals surface area contributed by atoms with Crippen molar-refractivity contribution in [3.05, 3.63) is 11.9 Å². The molecule has 2 saturated heterocycles. The number of anilines is 1. The van der Waals surface area contributed by atoms with Crippen LogP contribution in [0.15, 0.2) is 6.07 Å². The Hall–Kier alpha value is -1.73. The van der Waals surface area contributed by atoms with Crippen LogP contribution in [-0.4, -0.2) is 72.2 Å². The lowest BCUT2D eigenvalue weighted by molar-refractivity contribution is 0.0203. The topological polar surface area (TPSA) is 67.8 Å². The van der Waals surface area contributed by atoms with Gasteiger partial charge in [0.05, 0.1) is 12.2 Å². The number of likely N-dealkylation sites (N-methyl/N-ethyl adjacent to an activating group) is 1. The van der Waals surface area contributed by atoms with Gasteiger partial charge in [0.1, 0.15) is 12.4 Å². The molecule has 7 heteroatoms. The number of morpholine rings is 1. The Bertz CT molecular complexity index is 737. The van der Waals surface area contributed by atoms with Crippen LogP contribution in [0.25, 0.3) is 0 Å². The third-order valence-corrected chi connectivity index (χ3v) is 6.55. The molecular formula is C22H34N4O3. The number of ether oxygens (including phenoxy) is 2. The number of rotatable bonds is 8. The van der Waals surface area contributed by atoms with Crippen LogP contribution in [0.3, 0.4) is 0 Å². The largest absolute Gasteiger partial charge is 0.476 e. The predicted molar refractivity (Wildman–Crippen MR) is 112 cm³/mol. The highest BCUT2D eigenvalue weighted by atomic mass is 16.5. The van der Waals surface area contributed by atoms with E-state index in [-0.39, 0.29) is 23.1 Å². The number of hydrogen-bond donors (Lipinski definition) is 0. The van der Waals surface area contributed by atoms with Gasteiger partial charge in [0, 0.05) is 31.1 Å². The molecule has 3 fully saturated rings. The Morgan fingerprint density at radius 3 is 2.90 bits per heavy atom. The summed E-state index contributed by atoms with van der Waals surface area (Å²) in [5.74, 6) is 1.51. The van der Waals surface area contributed by atoms with Crippen LogP contribution in [0.2, 0.25) is 0 Å². The Morgan fingerprint density at radius 1 is 1.38 bits per heavy atom. The first-order valence-electron chi connectivity index (χ1n) is 11.1. The van der Waals surface area contributed by atoms with Crippen molar-refractivity contribution in [2.45, 2.75) is 64.0 Å². The molecule has 0 N–H and O–H groups in total. The summed E-state index contributed by atoms with van der Waals surface area (Å²) in [5.41, 5.74) is -0.00352. The van der Waals surface area contributed by atoms with E-state index in [1.807, 2.05) is 13.0 Å². The predicted octanol–water partition coefficient (Wildman–Crippen LogP) is 2.94. The van der Waals surface area contributed by atoms with Crippen molar-refractivity contribution in [2.24, 2.45) is 5.92 Å². The second-order valence-electron chi connectivity index (χ2n) is 8.98. The molecule has 0 amide bonds. The summed E-state index contributed by atoms with van der Waals surface area (Å²) >= 11 is 0. The SMILES string of the molecule is CCCC(C)C(=O)c1nc(OC[C@@H]2CCCN2C)cc(N2CCOC3(CC3)C2)n1. The van der Waals surface area contributed by atoms with Crippen LogP contribution in [0.5, 0.6) is 5.88 Å². The van der Waals surface area contributed by atoms with Gasteiger partial charge in [-0.1, -0.05) is 20.3 Å². The minimum Gasteiger partial charge on any atom is -0.476 e. The van der Waals surface area contributed by atoms with Crippen molar-refractivity contribution >= 4 is 11.6 Å². The Balaban J connectivity index is 1.55. The zero-order valence-electron chi connectivity index (χ0n) is 18.0. The average molecular weight is 403 g/mol. The molecular weight excluding hydrogens is 368 g/mol. The molecule has 1 aromatic heterocycles. The lowest BCUT2D eigenvalue weighted by atomic mass is 10.0. The van der Waals surface area contributed by atoms with Crippen molar-refractivity contribution in [2.75, 3.05) is 44.8 Å². The van der Waals surface area contributed by atoms with E-state index in [1.165, 1.54) is 6.42 Å². The highest BCUT2D eigenvalue weighted by molar-refractivity contribution is 5.94. The first-order valence-corrected chi connectivity index (χ1v) is 11.1. The van der Waals surface area contributed by atoms with Gasteiger partial charge >= 0.3 is 0 Å². The van der Waals surface area contributed by atoms with E-state index in [4.69, 9.17) is 9.47 Å². The first kappa shape index (κ1) is 20.5. The molecule has 1 aliphatic carbocycles. The standard InChI is InChI=1S/C22H34N4O3/c1-4-6-16(2)20(27)21-23-18(26-11-12-29-22(15-26)8-9-22)13-19(24-21)28-14-17-7-5-10-25(17)3/h13,16-17H,4-12,14-15H2,1-3H3/t16?,17-/m0/s1. The van der Waals surface area contributed by atoms with Gasteiger partial charge in [0.15, 0.2) is 0 Å². The van der Waals surface area contributed by atoms with Gasteiger partial charge in [-0.3, -0.25) is 4.79 Å². The summed E-state index contributed by atoms with van der Waals surface area (Å²) in [4.78, 5) is 26.7. The second-order valence-corrected chi connectivity index (χ2v) is 8.98. The quantitative estimate of drug-likeness (QED) is 0.619. The number of hydrogen-bond acceptors (Lipinski definition) is 7. The molecule has 7 nitrogen and oxygen atoms in total. The van der Waals surface area contributed by atoms with Crippen LogP contribution in [0.4, 0.5) is 5.82 Å². The van der Waals surface area contributed by atoms with E-state index in [1.54, 1.807) is 0 Å². The van der Waals surface area contributed by atoms with Gasteiger partial charge in [-0.15, -0.1) is 0 Å². The molecule has 0 bridgehead atoms. The maximum atomic E-state index is 12.9. The van der Waals surface area contributed by atoms with E-state index >= 15 is 0 Å². The zero-order valence-corrected chi connectivity index (χ0v) is 18.0. The fourth-order valence-electron chi connectivity index (χ4n) is 4.40. The fraction of sp³-hybridized carbons (Fsp3) is 0.773. The summed E-state index contributed by atoms with van der Waals surface area (Å²) in [5, 5.41) is 0. The van der Waals surface area contributed by atoms with E-state index in [0.29, 0.717) is 25.1 Å². The highest BCUT2D eigenvalue weighted by Gasteiger charge is 2.47. The molecule has 1 saturated carbocycles. The van der Waals surface area contributed by atoms with Crippen LogP contribution < -0.4 is 9.64 Å². The molecule has 3 aliphatic rings. The first-order chi connectivity index (χ1) is 14.0. The van der Waals surface area contributed by atoms with E-state index in [2.05, 4.69) is 33.7 Å². The van der Waals surface area contributed by atoms with Gasteiger partial charge in [-0.2, -0.15) is 4.98 Å². The molecule has 0 aromatic carbocycles. The van der Waals surface area contributed by atoms with Gasteiger partial charge in [-0.05, 0) is 45.7 Å². The molecule has 2 aliphatic heterocycles. The summed E-state index contributed by atoms with van der Waals surface area (Å²) in [6.45, 7) is 8.06. The third-order valence-electron chi connectivity index (χ3n) is 6.55. The van der Waals surface area contributed by atoms with Crippen molar-refractivity contribution in [3.8, 4) is 5.88 Å². The number of aromatic nitrogens is 2. The summed E-state index contributed by atoms with van der Waals surface area (Å²) in [6.07, 6.45) is 6.36. The van der Waals surface area contributed by atoms with Gasteiger partial charge in [-0.25, -0.2) is 4.98 Å². The molecule has 4 rings (SSSR count). The summed E-state index contributed by atoms with van der Waals surface area (Å²) < 4.78 is 12.0. The van der Waals surface area contributed by atoms with Crippen LogP contribution in [0.1, 0.15) is 63.0 Å². The highest BCUT2D eigenvalue weighted by Crippen LogP contribution is 2.42. The van der Waals surface area contributed by atoms with Gasteiger partial charge in [0.2, 0.25) is 17.5 Å². The second kappa shape index (κ2) is 8.56. The molecule has 1 spiro atoms. The lowest BCUT2D eigenvalue weighted by Gasteiger charge is -2.34. The van der Waals surface area contributed by atoms with Gasteiger partial charge < -0.3 is 19.3 Å². The minimum absolute atomic E-state index is 0.00352. The molecule has 0 radical (unpaired) electrons. The summed E-state index contributed by atoms with van der Waals surface area (Å²) in [6, 6.07) is 2.31. The molecule has 2 atom stereocenters. The summed E-state index contributed by atoms with van der Waals surface area (Å²) in [7, 11) is 2.14. The molecule has 1 aromatic rings.